The first-order valence-electron chi connectivity index (χ1n) is 6.28. The zero-order chi connectivity index (χ0) is 15.0. The fraction of sp³-hybridized carbons (Fsp3) is 0.0667. The summed E-state index contributed by atoms with van der Waals surface area (Å²) in [5.41, 5.74) is 1.57. The lowest BCUT2D eigenvalue weighted by Gasteiger charge is -2.05. The second kappa shape index (κ2) is 5.55. The Morgan fingerprint density at radius 1 is 1.00 bits per heavy atom. The molecule has 1 N–H and O–H groups in total. The molecule has 0 spiro atoms. The van der Waals surface area contributed by atoms with Crippen LogP contribution in [0.4, 0.5) is 0 Å². The average molecular weight is 319 g/mol. The van der Waals surface area contributed by atoms with E-state index in [2.05, 4.69) is 0 Å². The van der Waals surface area contributed by atoms with Crippen molar-refractivity contribution in [2.75, 3.05) is 0 Å². The van der Waals surface area contributed by atoms with Crippen molar-refractivity contribution in [2.45, 2.75) is 16.7 Å². The van der Waals surface area contributed by atoms with Crippen LogP contribution in [-0.2, 0) is 22.1 Å². The van der Waals surface area contributed by atoms with Crippen LogP contribution >= 0.6 is 0 Å². The summed E-state index contributed by atoms with van der Waals surface area (Å²) in [5.74, 6) is 0. The van der Waals surface area contributed by atoms with E-state index in [1.165, 1.54) is 6.20 Å². The van der Waals surface area contributed by atoms with Gasteiger partial charge in [-0.1, -0.05) is 30.3 Å². The molecule has 108 valence electrons. The molecule has 0 aliphatic rings. The van der Waals surface area contributed by atoms with Gasteiger partial charge in [0.05, 0.1) is 15.3 Å². The Morgan fingerprint density at radius 3 is 2.38 bits per heavy atom. The molecule has 0 saturated carbocycles. The molecule has 0 saturated heterocycles. The summed E-state index contributed by atoms with van der Waals surface area (Å²) >= 11 is -2.12. The Morgan fingerprint density at radius 2 is 1.71 bits per heavy atom. The van der Waals surface area contributed by atoms with Gasteiger partial charge in [-0.25, -0.2) is 8.42 Å². The predicted molar refractivity (Wildman–Crippen MR) is 84.0 cm³/mol. The number of benzene rings is 2. The molecule has 0 amide bonds. The second-order valence-corrected chi connectivity index (χ2v) is 6.90. The van der Waals surface area contributed by atoms with Crippen LogP contribution in [0.25, 0.3) is 10.9 Å². The number of aromatic nitrogens is 1. The molecule has 2 atom stereocenters. The standard InChI is InChI=1S/C15H13NO3S2/c1-11-6-5-9-13-15(11)14(21(18)19)10-16(13)20(17)12-7-3-2-4-8-12/h2-10H,1H3,(H,18,19). The van der Waals surface area contributed by atoms with Gasteiger partial charge in [0.15, 0.2) is 22.1 Å². The van der Waals surface area contributed by atoms with E-state index in [1.54, 1.807) is 22.2 Å². The number of aryl methyl sites for hydroxylation is 1. The third-order valence-electron chi connectivity index (χ3n) is 3.28. The smallest absolute Gasteiger partial charge is 0.188 e. The van der Waals surface area contributed by atoms with Crippen LogP contribution in [0.1, 0.15) is 5.56 Å². The summed E-state index contributed by atoms with van der Waals surface area (Å²) in [6.45, 7) is 1.87. The molecular weight excluding hydrogens is 306 g/mol. The van der Waals surface area contributed by atoms with E-state index in [1.807, 2.05) is 37.3 Å². The molecule has 0 aliphatic carbocycles. The Bertz CT molecular complexity index is 856. The molecule has 3 rings (SSSR count). The van der Waals surface area contributed by atoms with Crippen LogP contribution in [-0.4, -0.2) is 16.9 Å². The van der Waals surface area contributed by atoms with Crippen molar-refractivity contribution < 1.29 is 13.0 Å². The Labute approximate surface area is 127 Å². The van der Waals surface area contributed by atoms with Crippen molar-refractivity contribution in [3.63, 3.8) is 0 Å². The van der Waals surface area contributed by atoms with Crippen molar-refractivity contribution in [1.29, 1.82) is 0 Å². The van der Waals surface area contributed by atoms with Gasteiger partial charge in [0.1, 0.15) is 0 Å². The number of rotatable bonds is 3. The van der Waals surface area contributed by atoms with Crippen molar-refractivity contribution in [2.24, 2.45) is 0 Å². The van der Waals surface area contributed by atoms with Gasteiger partial charge in [-0.2, -0.15) is 0 Å². The maximum absolute atomic E-state index is 12.7. The van der Waals surface area contributed by atoms with Gasteiger partial charge in [0, 0.05) is 11.6 Å². The fourth-order valence-electron chi connectivity index (χ4n) is 2.32. The van der Waals surface area contributed by atoms with E-state index in [-0.39, 0.29) is 4.90 Å². The van der Waals surface area contributed by atoms with E-state index in [0.717, 1.165) is 5.56 Å². The first kappa shape index (κ1) is 14.2. The highest BCUT2D eigenvalue weighted by Gasteiger charge is 2.18. The summed E-state index contributed by atoms with van der Waals surface area (Å²) in [5, 5.41) is 0.683. The van der Waals surface area contributed by atoms with Crippen molar-refractivity contribution in [3.8, 4) is 0 Å². The van der Waals surface area contributed by atoms with Crippen LogP contribution < -0.4 is 0 Å². The zero-order valence-electron chi connectivity index (χ0n) is 11.2. The van der Waals surface area contributed by atoms with Crippen molar-refractivity contribution >= 4 is 33.0 Å². The minimum Gasteiger partial charge on any atom is -0.302 e. The molecule has 0 radical (unpaired) electrons. The van der Waals surface area contributed by atoms with Crippen LogP contribution in [0.3, 0.4) is 0 Å². The predicted octanol–water partition coefficient (Wildman–Crippen LogP) is 3.10. The molecule has 1 aromatic heterocycles. The molecule has 2 aromatic carbocycles. The molecule has 21 heavy (non-hydrogen) atoms. The number of hydrogen-bond acceptors (Lipinski definition) is 2. The number of hydrogen-bond donors (Lipinski definition) is 1. The Hall–Kier alpha value is -1.76. The van der Waals surface area contributed by atoms with E-state index in [4.69, 9.17) is 0 Å². The molecule has 0 aliphatic heterocycles. The molecule has 0 fully saturated rings. The lowest BCUT2D eigenvalue weighted by Crippen LogP contribution is -2.03. The summed E-state index contributed by atoms with van der Waals surface area (Å²) < 4.78 is 35.3. The average Bonchev–Trinajstić information content (AvgIpc) is 2.88. The number of fused-ring (bicyclic) bond motifs is 1. The largest absolute Gasteiger partial charge is 0.302 e. The van der Waals surface area contributed by atoms with Gasteiger partial charge in [-0.15, -0.1) is 0 Å². The topological polar surface area (TPSA) is 59.3 Å². The van der Waals surface area contributed by atoms with Crippen molar-refractivity contribution in [1.82, 2.24) is 3.97 Å². The van der Waals surface area contributed by atoms with Gasteiger partial charge in [0.25, 0.3) is 0 Å². The second-order valence-electron chi connectivity index (χ2n) is 4.60. The normalized spacial score (nSPS) is 14.2. The minimum absolute atomic E-state index is 0.285. The lowest BCUT2D eigenvalue weighted by atomic mass is 10.1. The van der Waals surface area contributed by atoms with Crippen molar-refractivity contribution in [3.05, 3.63) is 60.3 Å². The quantitative estimate of drug-likeness (QED) is 0.755. The van der Waals surface area contributed by atoms with Gasteiger partial charge < -0.3 is 4.55 Å². The monoisotopic (exact) mass is 319 g/mol. The number of nitrogens with zero attached hydrogens (tertiary/aromatic N) is 1. The maximum Gasteiger partial charge on any atom is 0.188 e. The third kappa shape index (κ3) is 2.46. The Balaban J connectivity index is 2.27. The minimum atomic E-state index is -2.12. The molecule has 6 heteroatoms. The van der Waals surface area contributed by atoms with Gasteiger partial charge in [-0.3, -0.25) is 3.97 Å². The van der Waals surface area contributed by atoms with E-state index in [0.29, 0.717) is 15.8 Å². The third-order valence-corrected chi connectivity index (χ3v) is 5.30. The fourth-order valence-corrected chi connectivity index (χ4v) is 4.17. The molecule has 0 bridgehead atoms. The molecule has 4 nitrogen and oxygen atoms in total. The molecular formula is C15H13NO3S2. The van der Waals surface area contributed by atoms with Gasteiger partial charge in [0.2, 0.25) is 0 Å². The van der Waals surface area contributed by atoms with E-state index >= 15 is 0 Å². The summed E-state index contributed by atoms with van der Waals surface area (Å²) in [4.78, 5) is 0.929. The highest BCUT2D eigenvalue weighted by molar-refractivity contribution is 7.84. The van der Waals surface area contributed by atoms with Crippen LogP contribution in [0, 0.1) is 6.92 Å². The summed E-state index contributed by atoms with van der Waals surface area (Å²) in [6, 6.07) is 14.5. The highest BCUT2D eigenvalue weighted by atomic mass is 32.2. The van der Waals surface area contributed by atoms with Gasteiger partial charge >= 0.3 is 0 Å². The molecule has 1 heterocycles. The van der Waals surface area contributed by atoms with E-state index < -0.39 is 22.1 Å². The van der Waals surface area contributed by atoms with Gasteiger partial charge in [-0.05, 0) is 30.7 Å². The SMILES string of the molecule is Cc1cccc2c1c(S(=O)O)cn2S(=O)c1ccccc1. The molecule has 3 aromatic rings. The first-order chi connectivity index (χ1) is 10.1. The summed E-state index contributed by atoms with van der Waals surface area (Å²) in [6.07, 6.45) is 1.50. The molecule has 2 unspecified atom stereocenters. The van der Waals surface area contributed by atoms with Crippen LogP contribution in [0.15, 0.2) is 64.5 Å². The maximum atomic E-state index is 12.7. The first-order valence-corrected chi connectivity index (χ1v) is 8.50. The zero-order valence-corrected chi connectivity index (χ0v) is 12.9. The van der Waals surface area contributed by atoms with E-state index in [9.17, 15) is 13.0 Å². The van der Waals surface area contributed by atoms with Crippen LogP contribution in [0.2, 0.25) is 0 Å². The van der Waals surface area contributed by atoms with Crippen LogP contribution in [0.5, 0.6) is 0 Å². The highest BCUT2D eigenvalue weighted by Crippen LogP contribution is 2.28. The Kier molecular flexibility index (Phi) is 3.75. The lowest BCUT2D eigenvalue weighted by molar-refractivity contribution is 0.565. The summed E-state index contributed by atoms with van der Waals surface area (Å²) in [7, 11) is -1.45.